The van der Waals surface area contributed by atoms with E-state index in [-0.39, 0.29) is 0 Å². The molecule has 1 aromatic heterocycles. The van der Waals surface area contributed by atoms with E-state index >= 15 is 0 Å². The van der Waals surface area contributed by atoms with E-state index in [4.69, 9.17) is 15.2 Å². The minimum absolute atomic E-state index is 0.615. The molecule has 1 aromatic carbocycles. The number of hydrogen-bond acceptors (Lipinski definition) is 4. The van der Waals surface area contributed by atoms with Crippen molar-refractivity contribution in [3.8, 4) is 17.2 Å². The molecule has 0 aliphatic heterocycles. The Balaban J connectivity index is 2.15. The van der Waals surface area contributed by atoms with Crippen LogP contribution in [0.25, 0.3) is 0 Å². The fourth-order valence-corrected chi connectivity index (χ4v) is 1.61. The second kappa shape index (κ2) is 6.09. The lowest BCUT2D eigenvalue weighted by Crippen LogP contribution is -1.97. The third-order valence-electron chi connectivity index (χ3n) is 2.50. The minimum atomic E-state index is 0.615. The van der Waals surface area contributed by atoms with Gasteiger partial charge in [0.25, 0.3) is 0 Å². The maximum atomic E-state index is 5.83. The molecule has 1 heterocycles. The molecule has 0 radical (unpaired) electrons. The molecule has 0 saturated carbocycles. The van der Waals surface area contributed by atoms with Crippen molar-refractivity contribution in [1.29, 1.82) is 0 Å². The average molecular weight is 258 g/mol. The van der Waals surface area contributed by atoms with Crippen molar-refractivity contribution in [2.45, 2.75) is 20.3 Å². The molecule has 0 bridgehead atoms. The van der Waals surface area contributed by atoms with Gasteiger partial charge in [0.1, 0.15) is 17.2 Å². The highest BCUT2D eigenvalue weighted by Gasteiger charge is 2.03. The molecular weight excluding hydrogens is 240 g/mol. The number of hydrogen-bond donors (Lipinski definition) is 1. The summed E-state index contributed by atoms with van der Waals surface area (Å²) in [5.41, 5.74) is 7.40. The van der Waals surface area contributed by atoms with Crippen LogP contribution in [0.15, 0.2) is 36.5 Å². The summed E-state index contributed by atoms with van der Waals surface area (Å²) in [5.74, 6) is 2.05. The number of aromatic nitrogens is 1. The molecule has 0 atom stereocenters. The van der Waals surface area contributed by atoms with Crippen LogP contribution in [0.2, 0.25) is 0 Å². The van der Waals surface area contributed by atoms with Crippen molar-refractivity contribution < 1.29 is 9.47 Å². The predicted octanol–water partition coefficient (Wildman–Crippen LogP) is 3.55. The summed E-state index contributed by atoms with van der Waals surface area (Å²) < 4.78 is 11.3. The first-order valence-electron chi connectivity index (χ1n) is 6.31. The Labute approximate surface area is 113 Å². The zero-order chi connectivity index (χ0) is 13.7. The van der Waals surface area contributed by atoms with E-state index < -0.39 is 0 Å². The van der Waals surface area contributed by atoms with Gasteiger partial charge in [-0.1, -0.05) is 6.92 Å². The second-order valence-corrected chi connectivity index (χ2v) is 4.32. The Morgan fingerprint density at radius 3 is 2.58 bits per heavy atom. The van der Waals surface area contributed by atoms with Gasteiger partial charge in [-0.2, -0.15) is 0 Å². The Hall–Kier alpha value is -2.23. The van der Waals surface area contributed by atoms with Gasteiger partial charge in [0.05, 0.1) is 12.8 Å². The summed E-state index contributed by atoms with van der Waals surface area (Å²) in [7, 11) is 0. The number of anilines is 1. The van der Waals surface area contributed by atoms with Gasteiger partial charge in [-0.15, -0.1) is 0 Å². The minimum Gasteiger partial charge on any atom is -0.493 e. The third-order valence-corrected chi connectivity index (χ3v) is 2.50. The molecule has 2 rings (SSSR count). The first-order valence-corrected chi connectivity index (χ1v) is 6.31. The van der Waals surface area contributed by atoms with Crippen LogP contribution >= 0.6 is 0 Å². The fraction of sp³-hybridized carbons (Fsp3) is 0.267. The van der Waals surface area contributed by atoms with Crippen LogP contribution in [0.5, 0.6) is 17.2 Å². The number of aryl methyl sites for hydroxylation is 1. The normalized spacial score (nSPS) is 10.2. The van der Waals surface area contributed by atoms with Crippen LogP contribution < -0.4 is 15.2 Å². The molecule has 0 aliphatic carbocycles. The SMILES string of the molecule is CCCOc1cc(N)cc(Oc2ccc(C)nc2)c1. The molecule has 2 aromatic rings. The molecule has 100 valence electrons. The summed E-state index contributed by atoms with van der Waals surface area (Å²) >= 11 is 0. The van der Waals surface area contributed by atoms with E-state index in [1.807, 2.05) is 25.1 Å². The lowest BCUT2D eigenvalue weighted by Gasteiger charge is -2.10. The van der Waals surface area contributed by atoms with Gasteiger partial charge in [0.15, 0.2) is 0 Å². The van der Waals surface area contributed by atoms with Crippen molar-refractivity contribution >= 4 is 5.69 Å². The number of ether oxygens (including phenoxy) is 2. The molecular formula is C15H18N2O2. The number of benzene rings is 1. The van der Waals surface area contributed by atoms with Gasteiger partial charge in [0.2, 0.25) is 0 Å². The predicted molar refractivity (Wildman–Crippen MR) is 75.7 cm³/mol. The Morgan fingerprint density at radius 1 is 1.11 bits per heavy atom. The summed E-state index contributed by atoms with van der Waals surface area (Å²) in [4.78, 5) is 4.18. The van der Waals surface area contributed by atoms with Gasteiger partial charge in [-0.25, -0.2) is 0 Å². The van der Waals surface area contributed by atoms with E-state index in [1.54, 1.807) is 18.3 Å². The van der Waals surface area contributed by atoms with E-state index in [0.29, 0.717) is 23.8 Å². The standard InChI is InChI=1S/C15H18N2O2/c1-3-6-18-14-7-12(16)8-15(9-14)19-13-5-4-11(2)17-10-13/h4-5,7-10H,3,6,16H2,1-2H3. The summed E-state index contributed by atoms with van der Waals surface area (Å²) in [6.45, 7) is 4.65. The highest BCUT2D eigenvalue weighted by Crippen LogP contribution is 2.28. The molecule has 0 aliphatic rings. The zero-order valence-corrected chi connectivity index (χ0v) is 11.2. The fourth-order valence-electron chi connectivity index (χ4n) is 1.61. The Bertz CT molecular complexity index is 538. The zero-order valence-electron chi connectivity index (χ0n) is 11.2. The lowest BCUT2D eigenvalue weighted by molar-refractivity contribution is 0.316. The number of nitrogens with two attached hydrogens (primary N) is 1. The van der Waals surface area contributed by atoms with Gasteiger partial charge < -0.3 is 15.2 Å². The molecule has 19 heavy (non-hydrogen) atoms. The first-order chi connectivity index (χ1) is 9.17. The molecule has 0 amide bonds. The summed E-state index contributed by atoms with van der Waals surface area (Å²) in [5, 5.41) is 0. The molecule has 4 heteroatoms. The van der Waals surface area contributed by atoms with Gasteiger partial charge in [-0.05, 0) is 25.5 Å². The van der Waals surface area contributed by atoms with Gasteiger partial charge in [0, 0.05) is 29.6 Å². The molecule has 0 saturated heterocycles. The molecule has 0 unspecified atom stereocenters. The Kier molecular flexibility index (Phi) is 4.23. The second-order valence-electron chi connectivity index (χ2n) is 4.32. The quantitative estimate of drug-likeness (QED) is 0.833. The van der Waals surface area contributed by atoms with Crippen molar-refractivity contribution in [2.24, 2.45) is 0 Å². The van der Waals surface area contributed by atoms with Crippen LogP contribution in [0.1, 0.15) is 19.0 Å². The maximum absolute atomic E-state index is 5.83. The maximum Gasteiger partial charge on any atom is 0.145 e. The Morgan fingerprint density at radius 2 is 1.89 bits per heavy atom. The topological polar surface area (TPSA) is 57.4 Å². The van der Waals surface area contributed by atoms with E-state index in [1.165, 1.54) is 0 Å². The molecule has 0 fully saturated rings. The third kappa shape index (κ3) is 3.88. The van der Waals surface area contributed by atoms with Crippen LogP contribution in [0.4, 0.5) is 5.69 Å². The summed E-state index contributed by atoms with van der Waals surface area (Å²) in [6.07, 6.45) is 2.64. The monoisotopic (exact) mass is 258 g/mol. The van der Waals surface area contributed by atoms with E-state index in [9.17, 15) is 0 Å². The van der Waals surface area contributed by atoms with E-state index in [2.05, 4.69) is 11.9 Å². The highest BCUT2D eigenvalue weighted by atomic mass is 16.5. The lowest BCUT2D eigenvalue weighted by atomic mass is 10.3. The van der Waals surface area contributed by atoms with Crippen LogP contribution in [0.3, 0.4) is 0 Å². The number of nitrogen functional groups attached to an aromatic ring is 1. The molecule has 4 nitrogen and oxygen atoms in total. The van der Waals surface area contributed by atoms with E-state index in [0.717, 1.165) is 17.9 Å². The van der Waals surface area contributed by atoms with Crippen LogP contribution in [0, 0.1) is 6.92 Å². The number of nitrogens with zero attached hydrogens (tertiary/aromatic N) is 1. The largest absolute Gasteiger partial charge is 0.493 e. The van der Waals surface area contributed by atoms with Crippen LogP contribution in [-0.4, -0.2) is 11.6 Å². The van der Waals surface area contributed by atoms with Crippen molar-refractivity contribution in [3.63, 3.8) is 0 Å². The van der Waals surface area contributed by atoms with Crippen LogP contribution in [-0.2, 0) is 0 Å². The van der Waals surface area contributed by atoms with Gasteiger partial charge >= 0.3 is 0 Å². The average Bonchev–Trinajstić information content (AvgIpc) is 2.38. The van der Waals surface area contributed by atoms with Crippen molar-refractivity contribution in [1.82, 2.24) is 4.98 Å². The molecule has 2 N–H and O–H groups in total. The van der Waals surface area contributed by atoms with Crippen molar-refractivity contribution in [2.75, 3.05) is 12.3 Å². The number of pyridine rings is 1. The smallest absolute Gasteiger partial charge is 0.145 e. The van der Waals surface area contributed by atoms with Gasteiger partial charge in [-0.3, -0.25) is 4.98 Å². The van der Waals surface area contributed by atoms with Crippen molar-refractivity contribution in [3.05, 3.63) is 42.2 Å². The first kappa shape index (κ1) is 13.2. The summed E-state index contributed by atoms with van der Waals surface area (Å²) in [6, 6.07) is 9.15. The molecule has 0 spiro atoms. The highest BCUT2D eigenvalue weighted by molar-refractivity contribution is 5.51. The number of rotatable bonds is 5.